The molecule has 0 bridgehead atoms. The maximum atomic E-state index is 12.1. The van der Waals surface area contributed by atoms with Crippen LogP contribution in [0.25, 0.3) is 0 Å². The highest BCUT2D eigenvalue weighted by Crippen LogP contribution is 2.29. The van der Waals surface area contributed by atoms with Gasteiger partial charge in [0.1, 0.15) is 0 Å². The fourth-order valence-electron chi connectivity index (χ4n) is 2.48. The zero-order valence-electron chi connectivity index (χ0n) is 10.1. The summed E-state index contributed by atoms with van der Waals surface area (Å²) in [6.45, 7) is 5.69. The Morgan fingerprint density at radius 1 is 1.41 bits per heavy atom. The maximum Gasteiger partial charge on any atom is 0.229 e. The molecule has 2 aliphatic rings. The number of carbonyl (C=O) groups excluding carboxylic acids is 1. The minimum Gasteiger partial charge on any atom is -0.346 e. The van der Waals surface area contributed by atoms with Crippen molar-refractivity contribution < 1.29 is 4.79 Å². The molecule has 92 valence electrons. The molecule has 4 nitrogen and oxygen atoms in total. The zero-order valence-corrected chi connectivity index (χ0v) is 10.9. The lowest BCUT2D eigenvalue weighted by Gasteiger charge is -2.39. The van der Waals surface area contributed by atoms with Crippen molar-refractivity contribution in [2.75, 3.05) is 31.1 Å². The zero-order chi connectivity index (χ0) is 11.8. The molecule has 2 aliphatic heterocycles. The minimum absolute atomic E-state index is 0.206. The topological polar surface area (TPSA) is 36.4 Å². The van der Waals surface area contributed by atoms with E-state index in [1.54, 1.807) is 11.3 Å². The van der Waals surface area contributed by atoms with Gasteiger partial charge < -0.3 is 9.80 Å². The summed E-state index contributed by atoms with van der Waals surface area (Å²) in [5.41, 5.74) is 0. The molecule has 0 aliphatic carbocycles. The molecule has 2 fully saturated rings. The van der Waals surface area contributed by atoms with E-state index in [1.807, 2.05) is 11.1 Å². The normalized spacial score (nSPS) is 20.8. The Morgan fingerprint density at radius 3 is 2.71 bits per heavy atom. The summed E-state index contributed by atoms with van der Waals surface area (Å²) in [6.07, 6.45) is 4.25. The molecule has 1 amide bonds. The molecule has 0 atom stereocenters. The number of aromatic nitrogens is 1. The minimum atomic E-state index is 0.206. The van der Waals surface area contributed by atoms with Crippen LogP contribution in [0, 0.1) is 12.8 Å². The summed E-state index contributed by atoms with van der Waals surface area (Å²) in [5, 5.41) is 1.06. The molecule has 17 heavy (non-hydrogen) atoms. The molecule has 0 spiro atoms. The molecular formula is C12H17N3OS. The van der Waals surface area contributed by atoms with Gasteiger partial charge in [-0.1, -0.05) is 0 Å². The SMILES string of the molecule is Cc1cnc(N2CC(C(=O)N3CCCC3)C2)s1. The summed E-state index contributed by atoms with van der Waals surface area (Å²) in [5.74, 6) is 0.560. The van der Waals surface area contributed by atoms with E-state index >= 15 is 0 Å². The smallest absolute Gasteiger partial charge is 0.229 e. The fraction of sp³-hybridized carbons (Fsp3) is 0.667. The lowest BCUT2D eigenvalue weighted by molar-refractivity contribution is -0.135. The number of carbonyl (C=O) groups is 1. The predicted octanol–water partition coefficient (Wildman–Crippen LogP) is 1.51. The summed E-state index contributed by atoms with van der Waals surface area (Å²) >= 11 is 1.71. The van der Waals surface area contributed by atoms with Crippen molar-refractivity contribution in [1.29, 1.82) is 0 Å². The van der Waals surface area contributed by atoms with Crippen molar-refractivity contribution in [2.24, 2.45) is 5.92 Å². The molecule has 1 aromatic heterocycles. The van der Waals surface area contributed by atoms with Crippen LogP contribution in [0.4, 0.5) is 5.13 Å². The van der Waals surface area contributed by atoms with Gasteiger partial charge in [-0.15, -0.1) is 11.3 Å². The molecule has 3 rings (SSSR count). The molecule has 1 aromatic rings. The first-order valence-electron chi connectivity index (χ1n) is 6.20. The van der Waals surface area contributed by atoms with Gasteiger partial charge in [0.15, 0.2) is 5.13 Å². The van der Waals surface area contributed by atoms with Gasteiger partial charge in [-0.2, -0.15) is 0 Å². The number of amides is 1. The molecule has 3 heterocycles. The third kappa shape index (κ3) is 2.04. The van der Waals surface area contributed by atoms with Crippen LogP contribution >= 0.6 is 11.3 Å². The van der Waals surface area contributed by atoms with E-state index in [1.165, 1.54) is 17.7 Å². The fourth-order valence-corrected chi connectivity index (χ4v) is 3.25. The van der Waals surface area contributed by atoms with Gasteiger partial charge in [0.2, 0.25) is 5.91 Å². The van der Waals surface area contributed by atoms with E-state index < -0.39 is 0 Å². The first kappa shape index (κ1) is 11.0. The van der Waals surface area contributed by atoms with E-state index in [0.29, 0.717) is 5.91 Å². The van der Waals surface area contributed by atoms with Crippen LogP contribution in [0.2, 0.25) is 0 Å². The Labute approximate surface area is 105 Å². The summed E-state index contributed by atoms with van der Waals surface area (Å²) in [6, 6.07) is 0. The van der Waals surface area contributed by atoms with Crippen LogP contribution in [0.1, 0.15) is 17.7 Å². The van der Waals surface area contributed by atoms with Gasteiger partial charge >= 0.3 is 0 Å². The van der Waals surface area contributed by atoms with E-state index in [-0.39, 0.29) is 5.92 Å². The van der Waals surface area contributed by atoms with Gasteiger partial charge in [0.05, 0.1) is 5.92 Å². The third-order valence-electron chi connectivity index (χ3n) is 3.53. The molecule has 0 N–H and O–H groups in total. The van der Waals surface area contributed by atoms with Crippen molar-refractivity contribution in [3.63, 3.8) is 0 Å². The molecule has 0 saturated carbocycles. The second-order valence-corrected chi connectivity index (χ2v) is 6.10. The lowest BCUT2D eigenvalue weighted by atomic mass is 9.99. The lowest BCUT2D eigenvalue weighted by Crippen LogP contribution is -2.54. The number of likely N-dealkylation sites (tertiary alicyclic amines) is 1. The number of hydrogen-bond acceptors (Lipinski definition) is 4. The Bertz CT molecular complexity index is 419. The summed E-state index contributed by atoms with van der Waals surface area (Å²) in [4.78, 5) is 21.9. The van der Waals surface area contributed by atoms with E-state index in [4.69, 9.17) is 0 Å². The Morgan fingerprint density at radius 2 is 2.12 bits per heavy atom. The van der Waals surface area contributed by atoms with Crippen molar-refractivity contribution in [3.05, 3.63) is 11.1 Å². The molecule has 0 unspecified atom stereocenters. The summed E-state index contributed by atoms with van der Waals surface area (Å²) < 4.78 is 0. The molecular weight excluding hydrogens is 234 g/mol. The number of aryl methyl sites for hydroxylation is 1. The van der Waals surface area contributed by atoms with Gasteiger partial charge in [-0.3, -0.25) is 4.79 Å². The number of anilines is 1. The predicted molar refractivity (Wildman–Crippen MR) is 68.4 cm³/mol. The molecule has 0 aromatic carbocycles. The van der Waals surface area contributed by atoms with Crippen LogP contribution in [0.5, 0.6) is 0 Å². The first-order valence-corrected chi connectivity index (χ1v) is 7.02. The largest absolute Gasteiger partial charge is 0.346 e. The van der Waals surface area contributed by atoms with Crippen molar-refractivity contribution in [1.82, 2.24) is 9.88 Å². The second-order valence-electron chi connectivity index (χ2n) is 4.89. The van der Waals surface area contributed by atoms with Gasteiger partial charge in [0, 0.05) is 37.3 Å². The standard InChI is InChI=1S/C12H17N3OS/c1-9-6-13-12(17-9)15-7-10(8-15)11(16)14-4-2-3-5-14/h6,10H,2-5,7-8H2,1H3. The van der Waals surface area contributed by atoms with Crippen molar-refractivity contribution in [3.8, 4) is 0 Å². The average molecular weight is 251 g/mol. The maximum absolute atomic E-state index is 12.1. The highest BCUT2D eigenvalue weighted by Gasteiger charge is 2.37. The number of thiazole rings is 1. The van der Waals surface area contributed by atoms with Crippen molar-refractivity contribution >= 4 is 22.4 Å². The average Bonchev–Trinajstić information content (AvgIpc) is 2.86. The number of rotatable bonds is 2. The Hall–Kier alpha value is -1.10. The summed E-state index contributed by atoms with van der Waals surface area (Å²) in [7, 11) is 0. The second kappa shape index (κ2) is 4.29. The monoisotopic (exact) mass is 251 g/mol. The number of nitrogens with zero attached hydrogens (tertiary/aromatic N) is 3. The number of hydrogen-bond donors (Lipinski definition) is 0. The highest BCUT2D eigenvalue weighted by molar-refractivity contribution is 7.15. The molecule has 5 heteroatoms. The Balaban J connectivity index is 1.55. The van der Waals surface area contributed by atoms with Crippen LogP contribution in [-0.4, -0.2) is 42.0 Å². The Kier molecular flexibility index (Phi) is 2.78. The molecule has 0 radical (unpaired) electrons. The van der Waals surface area contributed by atoms with Crippen molar-refractivity contribution in [2.45, 2.75) is 19.8 Å². The van der Waals surface area contributed by atoms with Crippen LogP contribution in [0.3, 0.4) is 0 Å². The van der Waals surface area contributed by atoms with Gasteiger partial charge in [0.25, 0.3) is 0 Å². The third-order valence-corrected chi connectivity index (χ3v) is 4.50. The van der Waals surface area contributed by atoms with E-state index in [0.717, 1.165) is 31.3 Å². The van der Waals surface area contributed by atoms with E-state index in [2.05, 4.69) is 16.8 Å². The molecule has 2 saturated heterocycles. The van der Waals surface area contributed by atoms with Crippen LogP contribution < -0.4 is 4.90 Å². The highest BCUT2D eigenvalue weighted by atomic mass is 32.1. The van der Waals surface area contributed by atoms with Gasteiger partial charge in [-0.05, 0) is 19.8 Å². The van der Waals surface area contributed by atoms with Gasteiger partial charge in [-0.25, -0.2) is 4.98 Å². The van der Waals surface area contributed by atoms with E-state index in [9.17, 15) is 4.79 Å². The van der Waals surface area contributed by atoms with Crippen LogP contribution in [-0.2, 0) is 4.79 Å². The quantitative estimate of drug-likeness (QED) is 0.799. The first-order chi connectivity index (χ1) is 8.24. The van der Waals surface area contributed by atoms with Crippen LogP contribution in [0.15, 0.2) is 6.20 Å².